The molecule has 0 spiro atoms. The Morgan fingerprint density at radius 3 is 2.41 bits per heavy atom. The fourth-order valence-corrected chi connectivity index (χ4v) is 4.14. The summed E-state index contributed by atoms with van der Waals surface area (Å²) in [6, 6.07) is 16.8. The molecule has 27 heavy (non-hydrogen) atoms. The number of aryl methyl sites for hydroxylation is 1. The van der Waals surface area contributed by atoms with Gasteiger partial charge in [0.15, 0.2) is 0 Å². The van der Waals surface area contributed by atoms with Crippen LogP contribution in [0.3, 0.4) is 0 Å². The second-order valence-corrected chi connectivity index (χ2v) is 8.13. The van der Waals surface area contributed by atoms with Gasteiger partial charge in [-0.15, -0.1) is 11.3 Å². The molecule has 0 radical (unpaired) electrons. The summed E-state index contributed by atoms with van der Waals surface area (Å²) in [4.78, 5) is 18.5. The van der Waals surface area contributed by atoms with E-state index in [1.807, 2.05) is 5.38 Å². The van der Waals surface area contributed by atoms with Crippen LogP contribution >= 0.6 is 11.3 Å². The molecule has 0 bridgehead atoms. The summed E-state index contributed by atoms with van der Waals surface area (Å²) in [5.41, 5.74) is 5.67. The Morgan fingerprint density at radius 2 is 1.74 bits per heavy atom. The SMILES string of the molecule is Cc1ccc(Cn2cnc3scc(-c4ccc(C(C)C)cc4)c3c2=O)cc1. The van der Waals surface area contributed by atoms with Crippen molar-refractivity contribution in [2.45, 2.75) is 33.2 Å². The minimum atomic E-state index is 0.0183. The highest BCUT2D eigenvalue weighted by Gasteiger charge is 2.14. The lowest BCUT2D eigenvalue weighted by Crippen LogP contribution is -2.20. The molecule has 0 aliphatic rings. The quantitative estimate of drug-likeness (QED) is 0.466. The molecule has 0 N–H and O–H groups in total. The summed E-state index contributed by atoms with van der Waals surface area (Å²) in [6.07, 6.45) is 1.66. The predicted molar refractivity (Wildman–Crippen MR) is 114 cm³/mol. The molecule has 3 nitrogen and oxygen atoms in total. The average molecular weight is 375 g/mol. The van der Waals surface area contributed by atoms with Gasteiger partial charge in [0.2, 0.25) is 0 Å². The fraction of sp³-hybridized carbons (Fsp3) is 0.217. The second kappa shape index (κ2) is 7.12. The van der Waals surface area contributed by atoms with E-state index < -0.39 is 0 Å². The summed E-state index contributed by atoms with van der Waals surface area (Å²) in [5, 5.41) is 2.76. The van der Waals surface area contributed by atoms with E-state index in [4.69, 9.17) is 0 Å². The van der Waals surface area contributed by atoms with Gasteiger partial charge in [0, 0.05) is 10.9 Å². The highest BCUT2D eigenvalue weighted by molar-refractivity contribution is 7.17. The maximum Gasteiger partial charge on any atom is 0.263 e. The lowest BCUT2D eigenvalue weighted by molar-refractivity contribution is 0.749. The van der Waals surface area contributed by atoms with E-state index in [9.17, 15) is 4.79 Å². The first-order valence-electron chi connectivity index (χ1n) is 9.15. The highest BCUT2D eigenvalue weighted by atomic mass is 32.1. The van der Waals surface area contributed by atoms with E-state index in [0.29, 0.717) is 17.8 Å². The zero-order valence-electron chi connectivity index (χ0n) is 15.8. The number of benzene rings is 2. The highest BCUT2D eigenvalue weighted by Crippen LogP contribution is 2.31. The van der Waals surface area contributed by atoms with Crippen molar-refractivity contribution in [1.82, 2.24) is 9.55 Å². The molecular weight excluding hydrogens is 352 g/mol. The molecule has 2 aromatic heterocycles. The number of fused-ring (bicyclic) bond motifs is 1. The van der Waals surface area contributed by atoms with Crippen LogP contribution < -0.4 is 5.56 Å². The van der Waals surface area contributed by atoms with Crippen molar-refractivity contribution in [3.05, 3.63) is 87.3 Å². The molecule has 136 valence electrons. The third kappa shape index (κ3) is 3.45. The minimum absolute atomic E-state index is 0.0183. The molecule has 2 heterocycles. The van der Waals surface area contributed by atoms with Crippen LogP contribution in [0.25, 0.3) is 21.3 Å². The molecule has 0 amide bonds. The summed E-state index contributed by atoms with van der Waals surface area (Å²) in [7, 11) is 0. The van der Waals surface area contributed by atoms with Crippen LogP contribution in [0.2, 0.25) is 0 Å². The largest absolute Gasteiger partial charge is 0.294 e. The Hall–Kier alpha value is -2.72. The zero-order valence-corrected chi connectivity index (χ0v) is 16.6. The van der Waals surface area contributed by atoms with Gasteiger partial charge in [-0.25, -0.2) is 4.98 Å². The van der Waals surface area contributed by atoms with Gasteiger partial charge < -0.3 is 0 Å². The number of nitrogens with zero attached hydrogens (tertiary/aromatic N) is 2. The van der Waals surface area contributed by atoms with Crippen molar-refractivity contribution in [2.75, 3.05) is 0 Å². The Balaban J connectivity index is 1.77. The fourth-order valence-electron chi connectivity index (χ4n) is 3.23. The van der Waals surface area contributed by atoms with Crippen molar-refractivity contribution in [2.24, 2.45) is 0 Å². The van der Waals surface area contributed by atoms with Crippen molar-refractivity contribution in [3.63, 3.8) is 0 Å². The normalized spacial score (nSPS) is 11.4. The molecule has 4 rings (SSSR count). The Labute approximate surface area is 163 Å². The smallest absolute Gasteiger partial charge is 0.263 e. The Bertz CT molecular complexity index is 1140. The van der Waals surface area contributed by atoms with Crippen molar-refractivity contribution in [3.8, 4) is 11.1 Å². The van der Waals surface area contributed by atoms with Gasteiger partial charge in [0.25, 0.3) is 5.56 Å². The lowest BCUT2D eigenvalue weighted by atomic mass is 9.99. The molecule has 2 aromatic carbocycles. The number of rotatable bonds is 4. The molecule has 0 atom stereocenters. The first kappa shape index (κ1) is 17.7. The molecule has 4 aromatic rings. The van der Waals surface area contributed by atoms with Gasteiger partial charge in [-0.05, 0) is 29.5 Å². The van der Waals surface area contributed by atoms with E-state index in [2.05, 4.69) is 74.3 Å². The van der Waals surface area contributed by atoms with E-state index >= 15 is 0 Å². The number of aromatic nitrogens is 2. The molecule has 0 aliphatic carbocycles. The lowest BCUT2D eigenvalue weighted by Gasteiger charge is -2.08. The van der Waals surface area contributed by atoms with Crippen LogP contribution in [-0.2, 0) is 6.54 Å². The Kier molecular flexibility index (Phi) is 4.66. The first-order chi connectivity index (χ1) is 13.0. The van der Waals surface area contributed by atoms with Gasteiger partial charge >= 0.3 is 0 Å². The molecule has 0 unspecified atom stereocenters. The summed E-state index contributed by atoms with van der Waals surface area (Å²) in [6.45, 7) is 6.96. The minimum Gasteiger partial charge on any atom is -0.294 e. The zero-order chi connectivity index (χ0) is 19.0. The van der Waals surface area contributed by atoms with Crippen molar-refractivity contribution >= 4 is 21.6 Å². The maximum atomic E-state index is 13.2. The van der Waals surface area contributed by atoms with Crippen LogP contribution in [0, 0.1) is 6.92 Å². The summed E-state index contributed by atoms with van der Waals surface area (Å²) in [5.74, 6) is 0.492. The van der Waals surface area contributed by atoms with E-state index in [0.717, 1.165) is 21.5 Å². The summed E-state index contributed by atoms with van der Waals surface area (Å²) >= 11 is 1.53. The van der Waals surface area contributed by atoms with Gasteiger partial charge in [-0.1, -0.05) is 67.9 Å². The second-order valence-electron chi connectivity index (χ2n) is 7.27. The van der Waals surface area contributed by atoms with E-state index in [-0.39, 0.29) is 5.56 Å². The molecule has 0 saturated carbocycles. The molecule has 0 saturated heterocycles. The molecular formula is C23H22N2OS. The monoisotopic (exact) mass is 374 g/mol. The van der Waals surface area contributed by atoms with Crippen LogP contribution in [-0.4, -0.2) is 9.55 Å². The van der Waals surface area contributed by atoms with Crippen LogP contribution in [0.4, 0.5) is 0 Å². The molecule has 0 aliphatic heterocycles. The maximum absolute atomic E-state index is 13.2. The third-order valence-electron chi connectivity index (χ3n) is 4.92. The average Bonchev–Trinajstić information content (AvgIpc) is 3.11. The van der Waals surface area contributed by atoms with Gasteiger partial charge in [-0.3, -0.25) is 9.36 Å². The third-order valence-corrected chi connectivity index (χ3v) is 5.81. The molecule has 0 fully saturated rings. The number of hydrogen-bond acceptors (Lipinski definition) is 3. The van der Waals surface area contributed by atoms with Crippen LogP contribution in [0.5, 0.6) is 0 Å². The van der Waals surface area contributed by atoms with Crippen LogP contribution in [0.15, 0.2) is 65.0 Å². The van der Waals surface area contributed by atoms with Gasteiger partial charge in [-0.2, -0.15) is 0 Å². The topological polar surface area (TPSA) is 34.9 Å². The number of hydrogen-bond donors (Lipinski definition) is 0. The first-order valence-corrected chi connectivity index (χ1v) is 10.0. The Morgan fingerprint density at radius 1 is 1.04 bits per heavy atom. The summed E-state index contributed by atoms with van der Waals surface area (Å²) < 4.78 is 1.70. The van der Waals surface area contributed by atoms with Gasteiger partial charge in [0.1, 0.15) is 4.83 Å². The van der Waals surface area contributed by atoms with Crippen molar-refractivity contribution in [1.29, 1.82) is 0 Å². The van der Waals surface area contributed by atoms with E-state index in [1.54, 1.807) is 10.9 Å². The van der Waals surface area contributed by atoms with Crippen molar-refractivity contribution < 1.29 is 0 Å². The number of thiophene rings is 1. The van der Waals surface area contributed by atoms with E-state index in [1.165, 1.54) is 22.5 Å². The standard InChI is InChI=1S/C23H22N2OS/c1-15(2)18-8-10-19(11-9-18)20-13-27-22-21(20)23(26)25(14-24-22)12-17-6-4-16(3)5-7-17/h4-11,13-15H,12H2,1-3H3. The molecule has 4 heteroatoms. The van der Waals surface area contributed by atoms with Crippen LogP contribution in [0.1, 0.15) is 36.5 Å². The predicted octanol–water partition coefficient (Wildman–Crippen LogP) is 5.61. The van der Waals surface area contributed by atoms with Gasteiger partial charge in [0.05, 0.1) is 18.3 Å².